The predicted molar refractivity (Wildman–Crippen MR) is 113 cm³/mol. The number of nitro groups is 1. The molecule has 0 saturated carbocycles. The van der Waals surface area contributed by atoms with Gasteiger partial charge in [0.2, 0.25) is 5.91 Å². The summed E-state index contributed by atoms with van der Waals surface area (Å²) in [6.45, 7) is 5.79. The normalized spacial score (nSPS) is 10.6. The number of nitrogens with zero attached hydrogens (tertiary/aromatic N) is 4. The molecule has 2 aromatic carbocycles. The molecular formula is C20H18FN5O3S. The minimum absolute atomic E-state index is 0.00528. The third-order valence-corrected chi connectivity index (χ3v) is 5.15. The maximum atomic E-state index is 14.2. The lowest BCUT2D eigenvalue weighted by molar-refractivity contribution is -0.384. The molecule has 0 atom stereocenters. The Labute approximate surface area is 176 Å². The average molecular weight is 427 g/mol. The Morgan fingerprint density at radius 3 is 2.80 bits per heavy atom. The number of aryl methyl sites for hydroxylation is 1. The van der Waals surface area contributed by atoms with Crippen molar-refractivity contribution < 1.29 is 14.1 Å². The maximum absolute atomic E-state index is 14.2. The van der Waals surface area contributed by atoms with Gasteiger partial charge in [-0.1, -0.05) is 36.0 Å². The van der Waals surface area contributed by atoms with Crippen molar-refractivity contribution in [3.8, 4) is 11.4 Å². The largest absolute Gasteiger partial charge is 0.325 e. The Bertz CT molecular complexity index is 1120. The molecule has 8 nitrogen and oxygen atoms in total. The average Bonchev–Trinajstić information content (AvgIpc) is 3.11. The predicted octanol–water partition coefficient (Wildman–Crippen LogP) is 4.22. The third-order valence-electron chi connectivity index (χ3n) is 4.18. The number of aromatic nitrogens is 3. The van der Waals surface area contributed by atoms with Crippen molar-refractivity contribution in [2.45, 2.75) is 18.6 Å². The van der Waals surface area contributed by atoms with Gasteiger partial charge in [-0.2, -0.15) is 0 Å². The number of nitrogens with one attached hydrogen (secondary N) is 1. The third kappa shape index (κ3) is 4.71. The number of rotatable bonds is 8. The first-order valence-corrected chi connectivity index (χ1v) is 9.86. The molecule has 10 heteroatoms. The second kappa shape index (κ2) is 9.31. The fourth-order valence-electron chi connectivity index (χ4n) is 2.71. The van der Waals surface area contributed by atoms with E-state index in [1.54, 1.807) is 41.8 Å². The van der Waals surface area contributed by atoms with Gasteiger partial charge in [0.25, 0.3) is 5.69 Å². The van der Waals surface area contributed by atoms with Crippen LogP contribution < -0.4 is 5.32 Å². The molecule has 0 bridgehead atoms. The van der Waals surface area contributed by atoms with Gasteiger partial charge in [-0.3, -0.25) is 19.5 Å². The van der Waals surface area contributed by atoms with E-state index >= 15 is 0 Å². The van der Waals surface area contributed by atoms with E-state index in [4.69, 9.17) is 0 Å². The zero-order valence-electron chi connectivity index (χ0n) is 16.0. The minimum atomic E-state index is -0.522. The van der Waals surface area contributed by atoms with Crippen LogP contribution in [0.25, 0.3) is 11.4 Å². The number of benzene rings is 2. The van der Waals surface area contributed by atoms with Crippen LogP contribution in [0.3, 0.4) is 0 Å². The van der Waals surface area contributed by atoms with Crippen LogP contribution in [-0.4, -0.2) is 31.3 Å². The van der Waals surface area contributed by atoms with Crippen LogP contribution in [0.1, 0.15) is 5.56 Å². The molecule has 0 saturated heterocycles. The van der Waals surface area contributed by atoms with E-state index in [9.17, 15) is 19.3 Å². The summed E-state index contributed by atoms with van der Waals surface area (Å²) in [4.78, 5) is 22.8. The highest BCUT2D eigenvalue weighted by atomic mass is 32.2. The zero-order chi connectivity index (χ0) is 21.7. The van der Waals surface area contributed by atoms with Crippen molar-refractivity contribution in [2.24, 2.45) is 0 Å². The van der Waals surface area contributed by atoms with Crippen LogP contribution in [0.2, 0.25) is 0 Å². The van der Waals surface area contributed by atoms with Gasteiger partial charge >= 0.3 is 0 Å². The highest BCUT2D eigenvalue weighted by molar-refractivity contribution is 7.99. The van der Waals surface area contributed by atoms with E-state index in [1.165, 1.54) is 18.2 Å². The first-order valence-electron chi connectivity index (χ1n) is 8.87. The molecule has 1 aromatic heterocycles. The van der Waals surface area contributed by atoms with Crippen molar-refractivity contribution in [3.63, 3.8) is 0 Å². The van der Waals surface area contributed by atoms with Gasteiger partial charge < -0.3 is 5.32 Å². The van der Waals surface area contributed by atoms with Crippen LogP contribution >= 0.6 is 11.8 Å². The van der Waals surface area contributed by atoms with E-state index in [1.807, 2.05) is 0 Å². The molecule has 30 heavy (non-hydrogen) atoms. The molecule has 154 valence electrons. The van der Waals surface area contributed by atoms with Gasteiger partial charge in [0.1, 0.15) is 5.82 Å². The molecule has 3 aromatic rings. The smallest absolute Gasteiger partial charge is 0.271 e. The van der Waals surface area contributed by atoms with Crippen LogP contribution in [0.5, 0.6) is 0 Å². The molecule has 0 aliphatic carbocycles. The number of non-ortho nitro benzene ring substituents is 1. The molecule has 0 aliphatic heterocycles. The van der Waals surface area contributed by atoms with Gasteiger partial charge in [0, 0.05) is 18.7 Å². The first kappa shape index (κ1) is 21.2. The van der Waals surface area contributed by atoms with Crippen molar-refractivity contribution in [1.29, 1.82) is 0 Å². The Hall–Kier alpha value is -3.53. The molecule has 0 spiro atoms. The highest BCUT2D eigenvalue weighted by Crippen LogP contribution is 2.27. The molecule has 0 radical (unpaired) electrons. The molecule has 0 aliphatic rings. The van der Waals surface area contributed by atoms with E-state index in [2.05, 4.69) is 22.1 Å². The van der Waals surface area contributed by atoms with Gasteiger partial charge in [-0.05, 0) is 24.6 Å². The number of thioether (sulfide) groups is 1. The number of carbonyl (C=O) groups is 1. The molecule has 1 N–H and O–H groups in total. The van der Waals surface area contributed by atoms with Gasteiger partial charge in [-0.15, -0.1) is 16.8 Å². The van der Waals surface area contributed by atoms with Crippen LogP contribution in [0.15, 0.2) is 60.3 Å². The van der Waals surface area contributed by atoms with Crippen LogP contribution in [0.4, 0.5) is 15.8 Å². The van der Waals surface area contributed by atoms with Crippen molar-refractivity contribution in [1.82, 2.24) is 14.8 Å². The Morgan fingerprint density at radius 2 is 2.10 bits per heavy atom. The minimum Gasteiger partial charge on any atom is -0.325 e. The van der Waals surface area contributed by atoms with Crippen molar-refractivity contribution >= 4 is 29.0 Å². The summed E-state index contributed by atoms with van der Waals surface area (Å²) in [5, 5.41) is 22.2. The number of allylic oxidation sites excluding steroid dienone is 1. The summed E-state index contributed by atoms with van der Waals surface area (Å²) < 4.78 is 15.8. The lowest BCUT2D eigenvalue weighted by Gasteiger charge is -2.10. The van der Waals surface area contributed by atoms with E-state index < -0.39 is 10.7 Å². The van der Waals surface area contributed by atoms with Gasteiger partial charge in [0.05, 0.1) is 21.9 Å². The van der Waals surface area contributed by atoms with Crippen LogP contribution in [-0.2, 0) is 11.3 Å². The van der Waals surface area contributed by atoms with E-state index in [-0.39, 0.29) is 17.3 Å². The summed E-state index contributed by atoms with van der Waals surface area (Å²) in [5.41, 5.74) is 1.27. The molecule has 1 amide bonds. The molecule has 3 rings (SSSR count). The number of amides is 1. The second-order valence-corrected chi connectivity index (χ2v) is 7.22. The molecule has 0 fully saturated rings. The highest BCUT2D eigenvalue weighted by Gasteiger charge is 2.18. The first-order chi connectivity index (χ1) is 14.4. The lowest BCUT2D eigenvalue weighted by Crippen LogP contribution is -2.15. The Balaban J connectivity index is 1.75. The Morgan fingerprint density at radius 1 is 1.33 bits per heavy atom. The number of halogens is 1. The second-order valence-electron chi connectivity index (χ2n) is 6.28. The lowest BCUT2D eigenvalue weighted by atomic mass is 10.2. The van der Waals surface area contributed by atoms with Crippen LogP contribution in [0, 0.1) is 22.9 Å². The Kier molecular flexibility index (Phi) is 6.58. The number of anilines is 1. The number of nitro benzene ring substituents is 1. The summed E-state index contributed by atoms with van der Waals surface area (Å²) >= 11 is 1.13. The molecule has 0 unspecified atom stereocenters. The van der Waals surface area contributed by atoms with Crippen molar-refractivity contribution in [3.05, 3.63) is 76.6 Å². The molecule has 1 heterocycles. The summed E-state index contributed by atoms with van der Waals surface area (Å²) in [6.07, 6.45) is 1.63. The number of hydrogen-bond donors (Lipinski definition) is 1. The van der Waals surface area contributed by atoms with Gasteiger partial charge in [-0.25, -0.2) is 4.39 Å². The van der Waals surface area contributed by atoms with Gasteiger partial charge in [0.15, 0.2) is 11.0 Å². The van der Waals surface area contributed by atoms with E-state index in [0.29, 0.717) is 34.3 Å². The molecular weight excluding hydrogens is 409 g/mol. The fourth-order valence-corrected chi connectivity index (χ4v) is 3.45. The number of carbonyl (C=O) groups excluding carboxylic acids is 1. The summed E-state index contributed by atoms with van der Waals surface area (Å²) in [6, 6.07) is 10.5. The maximum Gasteiger partial charge on any atom is 0.271 e. The summed E-state index contributed by atoms with van der Waals surface area (Å²) in [5.74, 6) is -0.449. The summed E-state index contributed by atoms with van der Waals surface area (Å²) in [7, 11) is 0. The SMILES string of the molecule is C=CCn1c(SCC(=O)Nc2cc([N+](=O)[O-])ccc2C)nnc1-c1ccccc1F. The van der Waals surface area contributed by atoms with Crippen molar-refractivity contribution in [2.75, 3.05) is 11.1 Å². The quantitative estimate of drug-likeness (QED) is 0.250. The standard InChI is InChI=1S/C20H18FN5O3S/c1-3-10-25-19(15-6-4-5-7-16(15)21)23-24-20(25)30-12-18(27)22-17-11-14(26(28)29)9-8-13(17)2/h3-9,11H,1,10,12H2,2H3,(H,22,27). The monoisotopic (exact) mass is 427 g/mol. The number of hydrogen-bond acceptors (Lipinski definition) is 6. The fraction of sp³-hybridized carbons (Fsp3) is 0.150. The zero-order valence-corrected chi connectivity index (χ0v) is 16.9. The topological polar surface area (TPSA) is 103 Å². The van der Waals surface area contributed by atoms with E-state index in [0.717, 1.165) is 11.8 Å².